The molecule has 0 unspecified atom stereocenters. The molecule has 0 heterocycles. The van der Waals surface area contributed by atoms with Crippen LogP contribution in [0.1, 0.15) is 15.9 Å². The first-order valence-electron chi connectivity index (χ1n) is 7.69. The third kappa shape index (κ3) is 5.65. The molecule has 0 atom stereocenters. The molecule has 0 bridgehead atoms. The van der Waals surface area contributed by atoms with Crippen LogP contribution >= 0.6 is 0 Å². The minimum absolute atomic E-state index is 0.0513. The van der Waals surface area contributed by atoms with Crippen LogP contribution in [0.4, 0.5) is 23.2 Å². The van der Waals surface area contributed by atoms with Crippen LogP contribution in [0.3, 0.4) is 0 Å². The number of carbonyl (C=O) groups excluding carboxylic acids is 1. The second-order valence-electron chi connectivity index (χ2n) is 5.79. The van der Waals surface area contributed by atoms with Gasteiger partial charge in [0.05, 0.1) is 5.69 Å². The predicted octanol–water partition coefficient (Wildman–Crippen LogP) is 3.76. The van der Waals surface area contributed by atoms with Gasteiger partial charge in [-0.2, -0.15) is 13.2 Å². The highest BCUT2D eigenvalue weighted by molar-refractivity contribution is 5.94. The van der Waals surface area contributed by atoms with E-state index in [0.29, 0.717) is 11.3 Å². The van der Waals surface area contributed by atoms with E-state index in [0.717, 1.165) is 6.07 Å². The van der Waals surface area contributed by atoms with Crippen molar-refractivity contribution in [1.29, 1.82) is 0 Å². The summed E-state index contributed by atoms with van der Waals surface area (Å²) in [6.45, 7) is -1.32. The summed E-state index contributed by atoms with van der Waals surface area (Å²) in [7, 11) is 3.37. The summed E-state index contributed by atoms with van der Waals surface area (Å²) in [5.74, 6) is -0.962. The molecule has 1 amide bonds. The Labute approximate surface area is 148 Å². The molecule has 0 aliphatic heterocycles. The van der Waals surface area contributed by atoms with Gasteiger partial charge in [-0.1, -0.05) is 12.1 Å². The third-order valence-corrected chi connectivity index (χ3v) is 3.45. The third-order valence-electron chi connectivity index (χ3n) is 3.45. The average molecular weight is 370 g/mol. The first-order valence-corrected chi connectivity index (χ1v) is 7.69. The van der Waals surface area contributed by atoms with Crippen molar-refractivity contribution < 1.29 is 27.1 Å². The van der Waals surface area contributed by atoms with E-state index in [1.54, 1.807) is 25.1 Å². The van der Waals surface area contributed by atoms with Crippen molar-refractivity contribution in [1.82, 2.24) is 5.32 Å². The molecule has 2 aromatic carbocycles. The molecule has 2 rings (SSSR count). The van der Waals surface area contributed by atoms with Crippen molar-refractivity contribution in [2.75, 3.05) is 25.6 Å². The molecule has 0 fully saturated rings. The number of nitrogens with zero attached hydrogens (tertiary/aromatic N) is 1. The monoisotopic (exact) mass is 370 g/mol. The Bertz CT molecular complexity index is 776. The fraction of sp³-hybridized carbons (Fsp3) is 0.278. The van der Waals surface area contributed by atoms with Crippen molar-refractivity contribution >= 4 is 11.6 Å². The Kier molecular flexibility index (Phi) is 6.07. The van der Waals surface area contributed by atoms with Crippen molar-refractivity contribution in [2.24, 2.45) is 0 Å². The topological polar surface area (TPSA) is 41.6 Å². The molecule has 26 heavy (non-hydrogen) atoms. The second kappa shape index (κ2) is 8.07. The molecule has 0 aliphatic rings. The minimum Gasteiger partial charge on any atom is -0.484 e. The van der Waals surface area contributed by atoms with Crippen molar-refractivity contribution in [3.8, 4) is 5.75 Å². The van der Waals surface area contributed by atoms with Gasteiger partial charge < -0.3 is 15.0 Å². The number of amides is 1. The number of nitrogens with one attached hydrogen (secondary N) is 1. The van der Waals surface area contributed by atoms with Crippen LogP contribution in [0.25, 0.3) is 0 Å². The SMILES string of the molecule is CN(C)c1ccc(C(=O)NCc2cccc(OCC(F)(F)F)c2)cc1F. The van der Waals surface area contributed by atoms with E-state index < -0.39 is 24.5 Å². The lowest BCUT2D eigenvalue weighted by molar-refractivity contribution is -0.153. The lowest BCUT2D eigenvalue weighted by Gasteiger charge is -2.14. The van der Waals surface area contributed by atoms with Crippen LogP contribution in [-0.4, -0.2) is 32.8 Å². The lowest BCUT2D eigenvalue weighted by atomic mass is 10.1. The standard InChI is InChI=1S/C18H18F4N2O2/c1-24(2)16-7-6-13(9-15(16)19)17(25)23-10-12-4-3-5-14(8-12)26-11-18(20,21)22/h3-9H,10-11H2,1-2H3,(H,23,25). The quantitative estimate of drug-likeness (QED) is 0.788. The summed E-state index contributed by atoms with van der Waals surface area (Å²) in [5, 5.41) is 2.59. The van der Waals surface area contributed by atoms with Gasteiger partial charge in [-0.25, -0.2) is 4.39 Å². The highest BCUT2D eigenvalue weighted by atomic mass is 19.4. The number of benzene rings is 2. The number of ether oxygens (including phenoxy) is 1. The van der Waals surface area contributed by atoms with E-state index in [4.69, 9.17) is 0 Å². The molecule has 4 nitrogen and oxygen atoms in total. The summed E-state index contributed by atoms with van der Waals surface area (Å²) in [6.07, 6.45) is -4.42. The Hall–Kier alpha value is -2.77. The van der Waals surface area contributed by atoms with Gasteiger partial charge in [-0.05, 0) is 35.9 Å². The summed E-state index contributed by atoms with van der Waals surface area (Å²) >= 11 is 0. The van der Waals surface area contributed by atoms with Crippen LogP contribution in [-0.2, 0) is 6.54 Å². The fourth-order valence-electron chi connectivity index (χ4n) is 2.21. The molecule has 8 heteroatoms. The number of halogens is 4. The predicted molar refractivity (Wildman–Crippen MR) is 89.9 cm³/mol. The fourth-order valence-corrected chi connectivity index (χ4v) is 2.21. The zero-order valence-electron chi connectivity index (χ0n) is 14.2. The molecule has 0 saturated carbocycles. The Morgan fingerprint density at radius 2 is 1.88 bits per heavy atom. The average Bonchev–Trinajstić information content (AvgIpc) is 2.57. The maximum absolute atomic E-state index is 13.9. The minimum atomic E-state index is -4.42. The van der Waals surface area contributed by atoms with Crippen molar-refractivity contribution in [2.45, 2.75) is 12.7 Å². The van der Waals surface area contributed by atoms with Crippen molar-refractivity contribution in [3.63, 3.8) is 0 Å². The maximum Gasteiger partial charge on any atom is 0.422 e. The van der Waals surface area contributed by atoms with Gasteiger partial charge in [-0.15, -0.1) is 0 Å². The molecule has 2 aromatic rings. The van der Waals surface area contributed by atoms with Gasteiger partial charge in [-0.3, -0.25) is 4.79 Å². The van der Waals surface area contributed by atoms with Gasteiger partial charge in [0, 0.05) is 26.2 Å². The zero-order chi connectivity index (χ0) is 19.3. The molecular formula is C18H18F4N2O2. The Morgan fingerprint density at radius 3 is 2.50 bits per heavy atom. The molecule has 0 radical (unpaired) electrons. The van der Waals surface area contributed by atoms with Gasteiger partial charge in [0.25, 0.3) is 5.91 Å². The van der Waals surface area contributed by atoms with Gasteiger partial charge in [0.1, 0.15) is 11.6 Å². The van der Waals surface area contributed by atoms with Gasteiger partial charge in [0.15, 0.2) is 6.61 Å². The Balaban J connectivity index is 1.98. The summed E-state index contributed by atoms with van der Waals surface area (Å²) in [6, 6.07) is 10.1. The molecular weight excluding hydrogens is 352 g/mol. The van der Waals surface area contributed by atoms with E-state index in [1.165, 1.54) is 30.3 Å². The van der Waals surface area contributed by atoms with E-state index in [-0.39, 0.29) is 17.9 Å². The number of rotatable bonds is 6. The molecule has 1 N–H and O–H groups in total. The second-order valence-corrected chi connectivity index (χ2v) is 5.79. The lowest BCUT2D eigenvalue weighted by Crippen LogP contribution is -2.23. The molecule has 140 valence electrons. The smallest absolute Gasteiger partial charge is 0.422 e. The Morgan fingerprint density at radius 1 is 1.15 bits per heavy atom. The van der Waals surface area contributed by atoms with Crippen LogP contribution in [0.15, 0.2) is 42.5 Å². The number of carbonyl (C=O) groups is 1. The van der Waals surface area contributed by atoms with E-state index in [9.17, 15) is 22.4 Å². The van der Waals surface area contributed by atoms with E-state index in [1.807, 2.05) is 0 Å². The summed E-state index contributed by atoms with van der Waals surface area (Å²) in [5.41, 5.74) is 1.07. The van der Waals surface area contributed by atoms with Crippen molar-refractivity contribution in [3.05, 3.63) is 59.4 Å². The normalized spacial score (nSPS) is 11.2. The molecule has 0 aromatic heterocycles. The highest BCUT2D eigenvalue weighted by Crippen LogP contribution is 2.20. The first-order chi connectivity index (χ1) is 12.2. The van der Waals surface area contributed by atoms with Crippen LogP contribution in [0.5, 0.6) is 5.75 Å². The number of alkyl halides is 3. The van der Waals surface area contributed by atoms with E-state index >= 15 is 0 Å². The highest BCUT2D eigenvalue weighted by Gasteiger charge is 2.28. The molecule has 0 spiro atoms. The zero-order valence-corrected chi connectivity index (χ0v) is 14.2. The van der Waals surface area contributed by atoms with Crippen LogP contribution < -0.4 is 15.0 Å². The maximum atomic E-state index is 13.9. The number of anilines is 1. The van der Waals surface area contributed by atoms with E-state index in [2.05, 4.69) is 10.1 Å². The van der Waals surface area contributed by atoms with Crippen LogP contribution in [0.2, 0.25) is 0 Å². The molecule has 0 aliphatic carbocycles. The largest absolute Gasteiger partial charge is 0.484 e. The van der Waals surface area contributed by atoms with Crippen LogP contribution in [0, 0.1) is 5.82 Å². The number of hydrogen-bond acceptors (Lipinski definition) is 3. The van der Waals surface area contributed by atoms with Gasteiger partial charge in [0.2, 0.25) is 0 Å². The molecule has 0 saturated heterocycles. The first kappa shape index (κ1) is 19.6. The number of hydrogen-bond donors (Lipinski definition) is 1. The van der Waals surface area contributed by atoms with Gasteiger partial charge >= 0.3 is 6.18 Å². The summed E-state index contributed by atoms with van der Waals surface area (Å²) in [4.78, 5) is 13.7. The summed E-state index contributed by atoms with van der Waals surface area (Å²) < 4.78 is 55.1.